The topological polar surface area (TPSA) is 55.8 Å². The molecule has 0 aromatic carbocycles. The number of hydrogen-bond acceptors (Lipinski definition) is 4. The smallest absolute Gasteiger partial charge is 0.0402 e. The third-order valence-electron chi connectivity index (χ3n) is 3.87. The van der Waals surface area contributed by atoms with Crippen LogP contribution in [0.5, 0.6) is 0 Å². The monoisotopic (exact) mass is 370 g/mol. The Bertz CT molecular complexity index is 277. The van der Waals surface area contributed by atoms with Crippen molar-refractivity contribution in [1.29, 1.82) is 0 Å². The van der Waals surface area contributed by atoms with Crippen molar-refractivity contribution in [1.82, 2.24) is 0 Å². The molecule has 0 rings (SSSR count). The van der Waals surface area contributed by atoms with Crippen LogP contribution in [0.4, 0.5) is 0 Å². The van der Waals surface area contributed by atoms with Crippen LogP contribution in [0.3, 0.4) is 0 Å². The Labute approximate surface area is 146 Å². The molecule has 0 aromatic rings. The van der Waals surface area contributed by atoms with Gasteiger partial charge in [-0.15, -0.1) is 0 Å². The van der Waals surface area contributed by atoms with Crippen LogP contribution in [0.25, 0.3) is 0 Å². The van der Waals surface area contributed by atoms with Crippen molar-refractivity contribution in [2.45, 2.75) is 95.4 Å². The average molecular weight is 370 g/mol. The minimum Gasteiger partial charge on any atom is -0.397 e. The molecule has 0 atom stereocenters. The van der Waals surface area contributed by atoms with Crippen LogP contribution in [0.15, 0.2) is 0 Å². The molecule has 0 fully saturated rings. The van der Waals surface area contributed by atoms with Crippen molar-refractivity contribution >= 4 is 0 Å². The van der Waals surface area contributed by atoms with E-state index in [0.29, 0.717) is 22.7 Å². The summed E-state index contributed by atoms with van der Waals surface area (Å²) >= 11 is -4.42. The normalized spacial score (nSPS) is 12.0. The summed E-state index contributed by atoms with van der Waals surface area (Å²) in [7, 11) is 0. The summed E-state index contributed by atoms with van der Waals surface area (Å²) in [4.78, 5) is 0. The third-order valence-corrected chi connectivity index (χ3v) is 10.6. The first-order valence-electron chi connectivity index (χ1n) is 9.75. The van der Waals surface area contributed by atoms with E-state index in [0.717, 1.165) is 51.4 Å². The molecule has 1 N–H and O–H groups in total. The van der Waals surface area contributed by atoms with Crippen molar-refractivity contribution in [3.8, 4) is 0 Å². The van der Waals surface area contributed by atoms with Gasteiger partial charge in [-0.25, -0.2) is 0 Å². The molecule has 0 bridgehead atoms. The molecular formula is C18H42O4Ti. The van der Waals surface area contributed by atoms with Crippen LogP contribution < -0.4 is 0 Å². The molecule has 0 spiro atoms. The number of unbranched alkanes of at least 4 members (excludes halogenated alkanes) is 4. The zero-order valence-corrected chi connectivity index (χ0v) is 17.9. The van der Waals surface area contributed by atoms with Crippen molar-refractivity contribution in [2.24, 2.45) is 0 Å². The largest absolute Gasteiger partial charge is 0.397 e. The van der Waals surface area contributed by atoms with Gasteiger partial charge < -0.3 is 5.11 Å². The molecule has 0 amide bonds. The van der Waals surface area contributed by atoms with Crippen LogP contribution >= 0.6 is 0 Å². The van der Waals surface area contributed by atoms with E-state index in [2.05, 4.69) is 27.7 Å². The van der Waals surface area contributed by atoms with Gasteiger partial charge in [-0.1, -0.05) is 0 Å². The molecular weight excluding hydrogens is 328 g/mol. The molecule has 0 saturated carbocycles. The van der Waals surface area contributed by atoms with Gasteiger partial charge in [-0.2, -0.15) is 0 Å². The summed E-state index contributed by atoms with van der Waals surface area (Å²) in [5.41, 5.74) is 0. The molecule has 0 aliphatic heterocycles. The van der Waals surface area contributed by atoms with Crippen molar-refractivity contribution < 1.29 is 31.1 Å². The van der Waals surface area contributed by atoms with Crippen LogP contribution in [0.2, 0.25) is 9.45 Å². The predicted octanol–water partition coefficient (Wildman–Crippen LogP) is 5.92. The second-order valence-corrected chi connectivity index (χ2v) is 13.0. The van der Waals surface area contributed by atoms with E-state index in [1.54, 1.807) is 6.92 Å². The van der Waals surface area contributed by atoms with E-state index in [1.807, 2.05) is 0 Å². The molecule has 142 valence electrons. The van der Waals surface area contributed by atoms with Gasteiger partial charge in [0.15, 0.2) is 0 Å². The molecule has 0 aliphatic rings. The van der Waals surface area contributed by atoms with Gasteiger partial charge >= 0.3 is 128 Å². The molecule has 5 heteroatoms. The Balaban J connectivity index is 0. The fourth-order valence-electron chi connectivity index (χ4n) is 2.38. The van der Waals surface area contributed by atoms with E-state index in [4.69, 9.17) is 11.7 Å². The van der Waals surface area contributed by atoms with Crippen LogP contribution in [0, 0.1) is 0 Å². The molecule has 0 aliphatic carbocycles. The number of aliphatic hydroxyl groups excluding tert-OH is 1. The summed E-state index contributed by atoms with van der Waals surface area (Å²) in [6.07, 6.45) is 8.06. The fourth-order valence-corrected chi connectivity index (χ4v) is 8.91. The number of hydrogen-bond donors (Lipinski definition) is 1. The van der Waals surface area contributed by atoms with Gasteiger partial charge in [0.1, 0.15) is 0 Å². The van der Waals surface area contributed by atoms with Gasteiger partial charge in [0.25, 0.3) is 0 Å². The maximum atomic E-state index is 13.7. The van der Waals surface area contributed by atoms with E-state index in [-0.39, 0.29) is 6.61 Å². The Kier molecular flexibility index (Phi) is 17.7. The number of aliphatic hydroxyl groups is 1. The predicted molar refractivity (Wildman–Crippen MR) is 94.6 cm³/mol. The van der Waals surface area contributed by atoms with E-state index in [9.17, 15) is 3.32 Å². The van der Waals surface area contributed by atoms with E-state index < -0.39 is 16.1 Å². The van der Waals surface area contributed by atoms with Gasteiger partial charge in [0.2, 0.25) is 0 Å². The first kappa shape index (κ1) is 25.6. The van der Waals surface area contributed by atoms with Gasteiger partial charge in [-0.3, -0.25) is 0 Å². The standard InChI is InChI=1S/2C4H9O.2C4H9.C2H6O.O.Ti/c2*1-2-3-4-5;2*1-3-4-2;1-2-3;;/h2*2-4H2,1H3;2*1,3-4H2,2H3;3H,2H2,1H3;;/q2*-1;;;;;+2. The molecule has 0 aromatic heterocycles. The van der Waals surface area contributed by atoms with Gasteiger partial charge in [0, 0.05) is 6.61 Å². The third kappa shape index (κ3) is 13.4. The first-order valence-corrected chi connectivity index (χ1v) is 13.9. The second-order valence-electron chi connectivity index (χ2n) is 6.29. The Morgan fingerprint density at radius 1 is 0.696 bits per heavy atom. The average Bonchev–Trinajstić information content (AvgIpc) is 2.53. The summed E-state index contributed by atoms with van der Waals surface area (Å²) < 4.78 is 27.0. The maximum absolute atomic E-state index is 13.7. The van der Waals surface area contributed by atoms with Crippen molar-refractivity contribution in [3.63, 3.8) is 0 Å². The Morgan fingerprint density at radius 3 is 1.26 bits per heavy atom. The van der Waals surface area contributed by atoms with E-state index in [1.165, 1.54) is 0 Å². The zero-order chi connectivity index (χ0) is 18.1. The van der Waals surface area contributed by atoms with Crippen LogP contribution in [0.1, 0.15) is 86.0 Å². The molecule has 0 heterocycles. The number of rotatable bonds is 14. The fraction of sp³-hybridized carbons (Fsp3) is 1.00. The Hall–Kier alpha value is 0.394. The maximum Gasteiger partial charge on any atom is 0.0402 e. The first-order chi connectivity index (χ1) is 11.0. The molecule has 0 radical (unpaired) electrons. The summed E-state index contributed by atoms with van der Waals surface area (Å²) in [6, 6.07) is 0. The second kappa shape index (κ2) is 15.9. The molecule has 23 heavy (non-hydrogen) atoms. The quantitative estimate of drug-likeness (QED) is 0.305. The minimum absolute atomic E-state index is 0.250. The SMILES string of the molecule is CCCC[O][Ti](=[O])([CH2]CCC)([CH2]CCC)[O]CCCC.CCO. The molecule has 0 saturated heterocycles. The Morgan fingerprint density at radius 2 is 1.00 bits per heavy atom. The minimum atomic E-state index is -4.42. The van der Waals surface area contributed by atoms with Crippen molar-refractivity contribution in [2.75, 3.05) is 19.8 Å². The van der Waals surface area contributed by atoms with E-state index >= 15 is 0 Å². The zero-order valence-electron chi connectivity index (χ0n) is 16.4. The molecule has 4 nitrogen and oxygen atoms in total. The van der Waals surface area contributed by atoms with Gasteiger partial charge in [0.05, 0.1) is 0 Å². The summed E-state index contributed by atoms with van der Waals surface area (Å²) in [6.45, 7) is 11.6. The van der Waals surface area contributed by atoms with Gasteiger partial charge in [-0.05, 0) is 6.92 Å². The summed E-state index contributed by atoms with van der Waals surface area (Å²) in [5, 5.41) is 7.57. The van der Waals surface area contributed by atoms with Crippen molar-refractivity contribution in [3.05, 3.63) is 0 Å². The van der Waals surface area contributed by atoms with Crippen LogP contribution in [-0.2, 0) is 26.0 Å². The molecule has 0 unspecified atom stereocenters. The summed E-state index contributed by atoms with van der Waals surface area (Å²) in [5.74, 6) is 0. The van der Waals surface area contributed by atoms with Crippen LogP contribution in [-0.4, -0.2) is 24.9 Å².